The summed E-state index contributed by atoms with van der Waals surface area (Å²) in [6.45, 7) is 7.63. The molecule has 8 aromatic carbocycles. The Bertz CT molecular complexity index is 4800. The van der Waals surface area contributed by atoms with Gasteiger partial charge in [-0.1, -0.05) is 154 Å². The van der Waals surface area contributed by atoms with Crippen LogP contribution in [0.2, 0.25) is 0 Å². The summed E-state index contributed by atoms with van der Waals surface area (Å²) in [5.41, 5.74) is 7.41. The van der Waals surface area contributed by atoms with Crippen LogP contribution in [0, 0.1) is 41.8 Å². The summed E-state index contributed by atoms with van der Waals surface area (Å²) < 4.78 is 112. The molecule has 0 saturated carbocycles. The van der Waals surface area contributed by atoms with Gasteiger partial charge in [-0.15, -0.1) is 0 Å². The quantitative estimate of drug-likeness (QED) is 0.0385. The van der Waals surface area contributed by atoms with Gasteiger partial charge < -0.3 is 24.1 Å². The molecule has 0 amide bonds. The van der Waals surface area contributed by atoms with Crippen molar-refractivity contribution in [2.75, 3.05) is 27.8 Å². The number of para-hydroxylation sites is 3. The van der Waals surface area contributed by atoms with Crippen LogP contribution in [0.25, 0.3) is 34.2 Å². The number of benzene rings is 8. The summed E-state index contributed by atoms with van der Waals surface area (Å²) in [4.78, 5) is 54.9. The largest absolute Gasteiger partial charge is 0.504 e. The topological polar surface area (TPSA) is 162 Å². The fourth-order valence-electron chi connectivity index (χ4n) is 12.0. The maximum Gasteiger partial charge on any atom is 0.257 e. The summed E-state index contributed by atoms with van der Waals surface area (Å²) in [6, 6.07) is 52.2. The Morgan fingerprint density at radius 2 is 0.693 bits per heavy atom. The average Bonchev–Trinajstić information content (AvgIpc) is 0.786. The molecule has 11 aromatic rings. The van der Waals surface area contributed by atoms with Crippen LogP contribution in [-0.4, -0.2) is 61.6 Å². The molecular formula is C81H80F6N6O8. The molecule has 20 heteroatoms. The zero-order valence-electron chi connectivity index (χ0n) is 57.3. The van der Waals surface area contributed by atoms with Gasteiger partial charge in [-0.3, -0.25) is 28.1 Å². The maximum absolute atomic E-state index is 14.9. The zero-order valence-corrected chi connectivity index (χ0v) is 57.3. The minimum absolute atomic E-state index is 0.0467. The third kappa shape index (κ3) is 18.6. The third-order valence-electron chi connectivity index (χ3n) is 17.2. The van der Waals surface area contributed by atoms with Gasteiger partial charge in [0, 0.05) is 56.2 Å². The van der Waals surface area contributed by atoms with Crippen molar-refractivity contribution in [3.8, 4) is 51.4 Å². The Morgan fingerprint density at radius 1 is 0.366 bits per heavy atom. The van der Waals surface area contributed by atoms with E-state index in [1.54, 1.807) is 79.7 Å². The van der Waals surface area contributed by atoms with Crippen molar-refractivity contribution in [2.24, 2.45) is 0 Å². The lowest BCUT2D eigenvalue weighted by Gasteiger charge is -2.19. The number of aromatic nitrogens is 6. The fraction of sp³-hybridized carbons (Fsp3) is 0.259. The van der Waals surface area contributed by atoms with Crippen LogP contribution in [0.3, 0.4) is 0 Å². The molecule has 0 spiro atoms. The van der Waals surface area contributed by atoms with E-state index in [0.717, 1.165) is 17.2 Å². The Balaban J connectivity index is 0.000000177. The van der Waals surface area contributed by atoms with Gasteiger partial charge in [-0.25, -0.2) is 41.3 Å². The van der Waals surface area contributed by atoms with E-state index in [1.165, 1.54) is 76.5 Å². The summed E-state index contributed by atoms with van der Waals surface area (Å²) in [6.07, 6.45) is 4.76. The molecule has 0 saturated heterocycles. The number of phenols is 1. The minimum atomic E-state index is -0.794. The molecule has 3 heterocycles. The number of aromatic hydroxyl groups is 1. The van der Waals surface area contributed by atoms with Crippen molar-refractivity contribution in [3.05, 3.63) is 316 Å². The number of halogens is 6. The monoisotopic (exact) mass is 1380 g/mol. The Morgan fingerprint density at radius 3 is 1.07 bits per heavy atom. The van der Waals surface area contributed by atoms with Gasteiger partial charge in [0.1, 0.15) is 34.9 Å². The van der Waals surface area contributed by atoms with Crippen LogP contribution < -0.4 is 26.2 Å². The molecule has 0 fully saturated rings. The molecule has 101 heavy (non-hydrogen) atoms. The zero-order chi connectivity index (χ0) is 72.0. The second-order valence-corrected chi connectivity index (χ2v) is 23.6. The molecule has 524 valence electrons. The second kappa shape index (κ2) is 36.4. The molecule has 11 rings (SSSR count). The molecule has 0 radical (unpaired) electrons. The molecule has 3 aromatic heterocycles. The molecule has 0 unspecified atom stereocenters. The van der Waals surface area contributed by atoms with Gasteiger partial charge in [0.2, 0.25) is 0 Å². The van der Waals surface area contributed by atoms with E-state index in [1.807, 2.05) is 81.4 Å². The molecule has 0 bridgehead atoms. The highest BCUT2D eigenvalue weighted by atomic mass is 19.1. The van der Waals surface area contributed by atoms with Crippen molar-refractivity contribution >= 4 is 0 Å². The minimum Gasteiger partial charge on any atom is -0.504 e. The van der Waals surface area contributed by atoms with Crippen molar-refractivity contribution < 1.29 is 50.4 Å². The van der Waals surface area contributed by atoms with Gasteiger partial charge in [-0.05, 0) is 154 Å². The first-order valence-corrected chi connectivity index (χ1v) is 33.4. The number of rotatable bonds is 27. The number of aryl methyl sites for hydroxylation is 8. The lowest BCUT2D eigenvalue weighted by Crippen LogP contribution is -2.30. The predicted molar refractivity (Wildman–Crippen MR) is 379 cm³/mol. The summed E-state index contributed by atoms with van der Waals surface area (Å²) >= 11 is 0. The first kappa shape index (κ1) is 74.5. The van der Waals surface area contributed by atoms with Gasteiger partial charge in [-0.2, -0.15) is 0 Å². The highest BCUT2D eigenvalue weighted by Gasteiger charge is 2.25. The SMILES string of the molecule is CCc1c(C)nc(-c2cccc(F)c2OCOC)n(CCc2ccccc2F)c1=O.CCc1c(CCc2ccccc2)nc(-c2cccc(F)c2O)n(CCc2ccccc2F)c1=O.CCc1c(CCc2ccccc2)nc(-c2cccc(F)c2OCOC)n(CCc2ccccc2F)c1=O. The molecule has 1 N–H and O–H groups in total. The summed E-state index contributed by atoms with van der Waals surface area (Å²) in [5.74, 6) is -2.91. The van der Waals surface area contributed by atoms with Crippen molar-refractivity contribution in [3.63, 3.8) is 0 Å². The van der Waals surface area contributed by atoms with Crippen molar-refractivity contribution in [1.29, 1.82) is 0 Å². The highest BCUT2D eigenvalue weighted by molar-refractivity contribution is 5.67. The smallest absolute Gasteiger partial charge is 0.257 e. The molecule has 0 aliphatic heterocycles. The van der Waals surface area contributed by atoms with Gasteiger partial charge in [0.15, 0.2) is 48.3 Å². The second-order valence-electron chi connectivity index (χ2n) is 23.6. The average molecular weight is 1380 g/mol. The molecule has 0 aliphatic carbocycles. The van der Waals surface area contributed by atoms with Crippen LogP contribution in [0.15, 0.2) is 202 Å². The predicted octanol–water partition coefficient (Wildman–Crippen LogP) is 15.5. The van der Waals surface area contributed by atoms with E-state index in [9.17, 15) is 45.8 Å². The number of hydrogen-bond donors (Lipinski definition) is 1. The van der Waals surface area contributed by atoms with Crippen LogP contribution in [0.1, 0.15) is 82.4 Å². The van der Waals surface area contributed by atoms with Gasteiger partial charge in [0.05, 0.1) is 28.1 Å². The van der Waals surface area contributed by atoms with Crippen molar-refractivity contribution in [1.82, 2.24) is 28.7 Å². The molecule has 0 atom stereocenters. The molecule has 0 aliphatic rings. The standard InChI is InChI=1S/C30H30F2N2O3.C28H26F2N2O2.C23H24F2N2O3/c1-3-23-27(17-16-21-10-5-4-6-11-21)33-29(24-13-9-15-26(32)28(24)37-20-36-2)34(30(23)35)19-18-22-12-7-8-14-25(22)31;1-2-21-25(16-15-19-9-4-3-5-10-19)31-27(22-12-8-14-24(30)26(22)33)32(28(21)34)18-17-20-11-6-7-13-23(20)29;1-4-17-15(2)26-22(18-9-7-11-20(25)21(18)30-14-29-3)27(23(17)28)13-12-16-8-5-6-10-19(16)24/h4-15H,3,16-20H2,1-2H3;3-14,33H,2,15-18H2,1H3;5-11H,4,12-14H2,1-3H3. The normalized spacial score (nSPS) is 11.0. The number of methoxy groups -OCH3 is 2. The molecular weight excluding hydrogens is 1300 g/mol. The number of ether oxygens (including phenoxy) is 4. The van der Waals surface area contributed by atoms with E-state index in [0.29, 0.717) is 107 Å². The Hall–Kier alpha value is -10.7. The van der Waals surface area contributed by atoms with Crippen LogP contribution >= 0.6 is 0 Å². The fourth-order valence-corrected chi connectivity index (χ4v) is 12.0. The van der Waals surface area contributed by atoms with E-state index >= 15 is 0 Å². The van der Waals surface area contributed by atoms with E-state index < -0.39 is 23.2 Å². The third-order valence-corrected chi connectivity index (χ3v) is 17.2. The van der Waals surface area contributed by atoms with Gasteiger partial charge in [0.25, 0.3) is 16.7 Å². The summed E-state index contributed by atoms with van der Waals surface area (Å²) in [5, 5.41) is 10.4. The van der Waals surface area contributed by atoms with E-state index in [2.05, 4.69) is 4.98 Å². The number of phenolic OH excluding ortho intramolecular Hbond substituents is 1. The highest BCUT2D eigenvalue weighted by Crippen LogP contribution is 2.35. The van der Waals surface area contributed by atoms with Gasteiger partial charge >= 0.3 is 0 Å². The first-order valence-electron chi connectivity index (χ1n) is 33.4. The van der Waals surface area contributed by atoms with E-state index in [4.69, 9.17) is 28.9 Å². The lowest BCUT2D eigenvalue weighted by molar-refractivity contribution is 0.0485. The van der Waals surface area contributed by atoms with Crippen molar-refractivity contribution in [2.45, 2.75) is 112 Å². The first-order chi connectivity index (χ1) is 49.0. The Labute approximate surface area is 582 Å². The maximum atomic E-state index is 14.9. The summed E-state index contributed by atoms with van der Waals surface area (Å²) in [7, 11) is 2.88. The Kier molecular flexibility index (Phi) is 26.9. The van der Waals surface area contributed by atoms with Crippen LogP contribution in [0.4, 0.5) is 26.3 Å². The number of hydrogen-bond acceptors (Lipinski definition) is 11. The molecule has 14 nitrogen and oxygen atoms in total. The van der Waals surface area contributed by atoms with Crippen LogP contribution in [0.5, 0.6) is 17.2 Å². The van der Waals surface area contributed by atoms with E-state index in [-0.39, 0.29) is 121 Å². The number of nitrogens with zero attached hydrogens (tertiary/aromatic N) is 6. The van der Waals surface area contributed by atoms with Crippen LogP contribution in [-0.2, 0) is 93.3 Å². The lowest BCUT2D eigenvalue weighted by atomic mass is 10.0.